The molecule has 1 atom stereocenters. The molecule has 0 spiro atoms. The number of hydrogen-bond donors (Lipinski definition) is 1. The molecule has 1 aliphatic carbocycles. The molecule has 1 saturated heterocycles. The average molecular weight is 654 g/mol. The molecule has 1 aliphatic heterocycles. The lowest BCUT2D eigenvalue weighted by Gasteiger charge is -2.43. The van der Waals surface area contributed by atoms with Gasteiger partial charge in [0.1, 0.15) is 17.2 Å². The molecule has 6 rings (SSSR count). The summed E-state index contributed by atoms with van der Waals surface area (Å²) in [6.45, 7) is 13.3. The maximum absolute atomic E-state index is 14.3. The molecule has 254 valence electrons. The number of methoxy groups -OCH3 is 1. The van der Waals surface area contributed by atoms with E-state index in [4.69, 9.17) is 9.47 Å². The number of halogens is 1. The standard InChI is InChI=1S/C39H48FN5O3/c1-26(2)24-48-38(46)37-36(32-19-31(40)12-14-34(32)41-37)35-23-45(43-42-35)22-28-15-17-44(18-16-28)21-29-11-13-33(30-9-7-6-8-10-30)39(20-29,25-47-5)27(3)4/h6-14,19,23,26-28,41H,15-18,20-22,24-25H2,1-5H3. The molecule has 0 amide bonds. The highest BCUT2D eigenvalue weighted by Crippen LogP contribution is 2.49. The number of fused-ring (bicyclic) bond motifs is 1. The minimum absolute atomic E-state index is 0.0646. The molecule has 0 saturated carbocycles. The van der Waals surface area contributed by atoms with Crippen LogP contribution in [0.4, 0.5) is 4.39 Å². The number of rotatable bonds is 12. The summed E-state index contributed by atoms with van der Waals surface area (Å²) in [5.41, 5.74) is 6.00. The van der Waals surface area contributed by atoms with Crippen molar-refractivity contribution in [1.29, 1.82) is 0 Å². The number of ether oxygens (including phenoxy) is 2. The number of nitrogens with zero attached hydrogens (tertiary/aromatic N) is 4. The smallest absolute Gasteiger partial charge is 0.355 e. The molecule has 2 aromatic heterocycles. The number of H-pyrrole nitrogens is 1. The average Bonchev–Trinajstić information content (AvgIpc) is 3.69. The van der Waals surface area contributed by atoms with E-state index in [0.717, 1.165) is 45.4 Å². The highest BCUT2D eigenvalue weighted by Gasteiger charge is 2.41. The van der Waals surface area contributed by atoms with Crippen LogP contribution in [0.3, 0.4) is 0 Å². The zero-order chi connectivity index (χ0) is 33.8. The Morgan fingerprint density at radius 1 is 1.08 bits per heavy atom. The molecule has 1 N–H and O–H groups in total. The number of likely N-dealkylation sites (tertiary alicyclic amines) is 1. The Bertz CT molecular complexity index is 1780. The summed E-state index contributed by atoms with van der Waals surface area (Å²) in [5, 5.41) is 9.45. The second kappa shape index (κ2) is 14.6. The predicted molar refractivity (Wildman–Crippen MR) is 188 cm³/mol. The van der Waals surface area contributed by atoms with E-state index in [2.05, 4.69) is 76.5 Å². The quantitative estimate of drug-likeness (QED) is 0.157. The molecule has 8 nitrogen and oxygen atoms in total. The van der Waals surface area contributed by atoms with Crippen LogP contribution in [0.5, 0.6) is 0 Å². The Morgan fingerprint density at radius 3 is 2.56 bits per heavy atom. The predicted octanol–water partition coefficient (Wildman–Crippen LogP) is 7.79. The van der Waals surface area contributed by atoms with Gasteiger partial charge >= 0.3 is 5.97 Å². The van der Waals surface area contributed by atoms with E-state index in [1.54, 1.807) is 6.07 Å². The lowest BCUT2D eigenvalue weighted by Crippen LogP contribution is -2.40. The van der Waals surface area contributed by atoms with E-state index in [9.17, 15) is 9.18 Å². The van der Waals surface area contributed by atoms with Crippen LogP contribution in [-0.4, -0.2) is 70.8 Å². The number of piperidine rings is 1. The van der Waals surface area contributed by atoms with Crippen LogP contribution in [0.2, 0.25) is 0 Å². The van der Waals surface area contributed by atoms with E-state index in [1.807, 2.05) is 31.8 Å². The summed E-state index contributed by atoms with van der Waals surface area (Å²) in [7, 11) is 1.81. The number of nitrogens with one attached hydrogen (secondary N) is 1. The van der Waals surface area contributed by atoms with Crippen LogP contribution in [0.1, 0.15) is 63.0 Å². The lowest BCUT2D eigenvalue weighted by molar-refractivity contribution is 0.0454. The molecule has 1 fully saturated rings. The molecule has 48 heavy (non-hydrogen) atoms. The molecule has 2 aromatic carbocycles. The second-order valence-corrected chi connectivity index (χ2v) is 14.3. The Hall–Kier alpha value is -4.08. The third-order valence-corrected chi connectivity index (χ3v) is 10.0. The number of allylic oxidation sites excluding steroid dienone is 2. The van der Waals surface area contributed by atoms with Crippen molar-refractivity contribution in [1.82, 2.24) is 24.9 Å². The largest absolute Gasteiger partial charge is 0.461 e. The fourth-order valence-corrected chi connectivity index (χ4v) is 7.38. The third-order valence-electron chi connectivity index (χ3n) is 10.0. The Labute approximate surface area is 283 Å². The highest BCUT2D eigenvalue weighted by atomic mass is 19.1. The summed E-state index contributed by atoms with van der Waals surface area (Å²) >= 11 is 0. The first-order valence-corrected chi connectivity index (χ1v) is 17.2. The third kappa shape index (κ3) is 7.17. The van der Waals surface area contributed by atoms with E-state index in [-0.39, 0.29) is 22.8 Å². The lowest BCUT2D eigenvalue weighted by atomic mass is 9.64. The van der Waals surface area contributed by atoms with Crippen molar-refractivity contribution in [2.24, 2.45) is 23.2 Å². The molecule has 2 aliphatic rings. The minimum Gasteiger partial charge on any atom is -0.461 e. The molecule has 9 heteroatoms. The van der Waals surface area contributed by atoms with Gasteiger partial charge in [0.2, 0.25) is 0 Å². The molecule has 0 radical (unpaired) electrons. The summed E-state index contributed by atoms with van der Waals surface area (Å²) in [4.78, 5) is 18.8. The van der Waals surface area contributed by atoms with Crippen molar-refractivity contribution in [3.63, 3.8) is 0 Å². The molecule has 4 aromatic rings. The number of carbonyl (C=O) groups excluding carboxylic acids is 1. The SMILES string of the molecule is COCC1(C(C)C)CC(CN2CCC(Cn3cc(-c4c(C(=O)OCC(C)C)[nH]c5ccc(F)cc45)nn3)CC2)=CC=C1c1ccccc1. The Kier molecular flexibility index (Phi) is 10.3. The highest BCUT2D eigenvalue weighted by molar-refractivity contribution is 6.07. The zero-order valence-corrected chi connectivity index (χ0v) is 28.8. The van der Waals surface area contributed by atoms with Gasteiger partial charge < -0.3 is 14.5 Å². The zero-order valence-electron chi connectivity index (χ0n) is 28.8. The van der Waals surface area contributed by atoms with Gasteiger partial charge in [-0.1, -0.05) is 81.0 Å². The van der Waals surface area contributed by atoms with Crippen molar-refractivity contribution in [3.8, 4) is 11.3 Å². The normalized spacial score (nSPS) is 19.2. The molecule has 1 unspecified atom stereocenters. The van der Waals surface area contributed by atoms with Gasteiger partial charge in [0.15, 0.2) is 0 Å². The van der Waals surface area contributed by atoms with Crippen LogP contribution in [0.25, 0.3) is 27.7 Å². The topological polar surface area (TPSA) is 85.3 Å². The molecular formula is C39H48FN5O3. The first-order valence-electron chi connectivity index (χ1n) is 17.2. The van der Waals surface area contributed by atoms with E-state index < -0.39 is 5.97 Å². The van der Waals surface area contributed by atoms with E-state index in [1.165, 1.54) is 28.8 Å². The summed E-state index contributed by atoms with van der Waals surface area (Å²) in [6, 6.07) is 15.2. The number of aromatic nitrogens is 4. The summed E-state index contributed by atoms with van der Waals surface area (Å²) in [6.07, 6.45) is 9.65. The van der Waals surface area contributed by atoms with E-state index >= 15 is 0 Å². The maximum Gasteiger partial charge on any atom is 0.355 e. The van der Waals surface area contributed by atoms with Crippen molar-refractivity contribution >= 4 is 22.4 Å². The van der Waals surface area contributed by atoms with Gasteiger partial charge in [0.05, 0.1) is 19.4 Å². The van der Waals surface area contributed by atoms with Gasteiger partial charge in [-0.2, -0.15) is 0 Å². The van der Waals surface area contributed by atoms with Gasteiger partial charge in [-0.05, 0) is 79.4 Å². The number of aromatic amines is 1. The first kappa shape index (κ1) is 33.8. The van der Waals surface area contributed by atoms with Crippen LogP contribution in [0, 0.1) is 29.0 Å². The molecule has 3 heterocycles. The van der Waals surface area contributed by atoms with Gasteiger partial charge in [-0.15, -0.1) is 5.10 Å². The monoisotopic (exact) mass is 653 g/mol. The van der Waals surface area contributed by atoms with Crippen molar-refractivity contribution in [2.45, 2.75) is 53.5 Å². The number of benzene rings is 2. The van der Waals surface area contributed by atoms with Crippen molar-refractivity contribution < 1.29 is 18.7 Å². The first-order chi connectivity index (χ1) is 23.2. The van der Waals surface area contributed by atoms with Gasteiger partial charge in [0.25, 0.3) is 0 Å². The van der Waals surface area contributed by atoms with Gasteiger partial charge in [0, 0.05) is 42.1 Å². The molecule has 0 bridgehead atoms. The van der Waals surface area contributed by atoms with Crippen LogP contribution >= 0.6 is 0 Å². The summed E-state index contributed by atoms with van der Waals surface area (Å²) < 4.78 is 27.5. The number of carbonyl (C=O) groups is 1. The van der Waals surface area contributed by atoms with Gasteiger partial charge in [-0.25, -0.2) is 9.18 Å². The van der Waals surface area contributed by atoms with Crippen LogP contribution < -0.4 is 0 Å². The number of esters is 1. The van der Waals surface area contributed by atoms with Crippen LogP contribution in [-0.2, 0) is 16.0 Å². The van der Waals surface area contributed by atoms with Gasteiger partial charge in [-0.3, -0.25) is 9.58 Å². The maximum atomic E-state index is 14.3. The fourth-order valence-electron chi connectivity index (χ4n) is 7.38. The van der Waals surface area contributed by atoms with Crippen LogP contribution in [0.15, 0.2) is 72.5 Å². The van der Waals surface area contributed by atoms with E-state index in [0.29, 0.717) is 47.2 Å². The second-order valence-electron chi connectivity index (χ2n) is 14.3. The van der Waals surface area contributed by atoms with Crippen molar-refractivity contribution in [3.05, 3.63) is 89.5 Å². The fraction of sp³-hybridized carbons (Fsp3) is 0.462. The summed E-state index contributed by atoms with van der Waals surface area (Å²) in [5.74, 6) is 0.217. The minimum atomic E-state index is -0.482. The van der Waals surface area contributed by atoms with Crippen molar-refractivity contribution in [2.75, 3.05) is 40.0 Å². The molecular weight excluding hydrogens is 605 g/mol. The Balaban J connectivity index is 1.12. The Morgan fingerprint density at radius 2 is 1.85 bits per heavy atom. The number of hydrogen-bond acceptors (Lipinski definition) is 6.